The number of aromatic nitrogens is 5. The van der Waals surface area contributed by atoms with Crippen LogP contribution in [0.15, 0.2) is 59.7 Å². The number of rotatable bonds is 6. The van der Waals surface area contributed by atoms with Crippen molar-refractivity contribution >= 4 is 11.6 Å². The Labute approximate surface area is 198 Å². The first-order valence-corrected chi connectivity index (χ1v) is 11.2. The Morgan fingerprint density at radius 2 is 1.82 bits per heavy atom. The number of hydrogen-bond acceptors (Lipinski definition) is 3. The summed E-state index contributed by atoms with van der Waals surface area (Å²) in [6, 6.07) is 12.6. The van der Waals surface area contributed by atoms with E-state index in [2.05, 4.69) is 10.1 Å². The number of imidazole rings is 1. The van der Waals surface area contributed by atoms with Gasteiger partial charge in [-0.05, 0) is 61.7 Å². The first kappa shape index (κ1) is 22.5. The molecule has 1 saturated carbocycles. The molecule has 6 nitrogen and oxygen atoms in total. The zero-order valence-corrected chi connectivity index (χ0v) is 19.0. The summed E-state index contributed by atoms with van der Waals surface area (Å²) in [4.78, 5) is 17.6. The second kappa shape index (κ2) is 8.47. The van der Waals surface area contributed by atoms with E-state index in [0.29, 0.717) is 22.1 Å². The van der Waals surface area contributed by atoms with Crippen LogP contribution in [-0.4, -0.2) is 23.9 Å². The molecule has 5 rings (SSSR count). The molecule has 1 aliphatic rings. The standard InChI is InChI=1S/C24H21ClF3N5O/c1-15-21(29-14-31(15)12-16-3-2-4-18(11-16)24(26,27)28)13-32-23(34)33(20-9-10-20)22(30-32)17-5-7-19(25)8-6-17/h2-8,11,14,20H,9-10,12-13H2,1H3. The largest absolute Gasteiger partial charge is 0.416 e. The number of halogens is 4. The van der Waals surface area contributed by atoms with Gasteiger partial charge in [0.2, 0.25) is 0 Å². The Bertz CT molecular complexity index is 1400. The van der Waals surface area contributed by atoms with Crippen LogP contribution >= 0.6 is 11.6 Å². The van der Waals surface area contributed by atoms with Crippen LogP contribution in [0.5, 0.6) is 0 Å². The molecular formula is C24H21ClF3N5O. The minimum Gasteiger partial charge on any atom is -0.330 e. The van der Waals surface area contributed by atoms with Gasteiger partial charge in [-0.2, -0.15) is 13.2 Å². The third-order valence-electron chi connectivity index (χ3n) is 5.99. The molecule has 0 amide bonds. The van der Waals surface area contributed by atoms with E-state index in [1.165, 1.54) is 10.7 Å². The zero-order valence-electron chi connectivity index (χ0n) is 18.3. The third kappa shape index (κ3) is 4.40. The molecule has 2 aromatic heterocycles. The summed E-state index contributed by atoms with van der Waals surface area (Å²) in [5, 5.41) is 5.19. The van der Waals surface area contributed by atoms with Crippen molar-refractivity contribution < 1.29 is 13.2 Å². The molecule has 0 N–H and O–H groups in total. The van der Waals surface area contributed by atoms with E-state index >= 15 is 0 Å². The zero-order chi connectivity index (χ0) is 24.0. The van der Waals surface area contributed by atoms with Crippen LogP contribution in [0.2, 0.25) is 5.02 Å². The minimum absolute atomic E-state index is 0.131. The number of alkyl halides is 3. The monoisotopic (exact) mass is 487 g/mol. The van der Waals surface area contributed by atoms with Gasteiger partial charge in [-0.3, -0.25) is 4.57 Å². The van der Waals surface area contributed by atoms with E-state index in [1.807, 2.05) is 19.1 Å². The number of hydrogen-bond donors (Lipinski definition) is 0. The first-order chi connectivity index (χ1) is 16.2. The van der Waals surface area contributed by atoms with Gasteiger partial charge >= 0.3 is 11.9 Å². The molecule has 2 aromatic carbocycles. The molecule has 34 heavy (non-hydrogen) atoms. The Hall–Kier alpha value is -3.33. The smallest absolute Gasteiger partial charge is 0.330 e. The maximum Gasteiger partial charge on any atom is 0.416 e. The van der Waals surface area contributed by atoms with Crippen LogP contribution < -0.4 is 5.69 Å². The highest BCUT2D eigenvalue weighted by molar-refractivity contribution is 6.30. The SMILES string of the molecule is Cc1c(Cn2nc(-c3ccc(Cl)cc3)n(C3CC3)c2=O)ncn1Cc1cccc(C(F)(F)F)c1. The van der Waals surface area contributed by atoms with Crippen LogP contribution in [0, 0.1) is 6.92 Å². The van der Waals surface area contributed by atoms with Crippen molar-refractivity contribution in [2.24, 2.45) is 0 Å². The van der Waals surface area contributed by atoms with E-state index in [1.54, 1.807) is 33.7 Å². The summed E-state index contributed by atoms with van der Waals surface area (Å²) < 4.78 is 44.0. The average Bonchev–Trinajstić information content (AvgIpc) is 3.51. The van der Waals surface area contributed by atoms with Gasteiger partial charge in [-0.15, -0.1) is 5.10 Å². The molecule has 1 aliphatic carbocycles. The Balaban J connectivity index is 1.42. The van der Waals surface area contributed by atoms with Gasteiger partial charge in [-0.1, -0.05) is 23.7 Å². The molecule has 0 aliphatic heterocycles. The van der Waals surface area contributed by atoms with E-state index in [4.69, 9.17) is 11.6 Å². The Morgan fingerprint density at radius 3 is 2.50 bits per heavy atom. The van der Waals surface area contributed by atoms with Crippen LogP contribution in [0.3, 0.4) is 0 Å². The van der Waals surface area contributed by atoms with Crippen LogP contribution in [0.4, 0.5) is 13.2 Å². The summed E-state index contributed by atoms with van der Waals surface area (Å²) in [5.74, 6) is 0.588. The normalized spacial score (nSPS) is 14.0. The van der Waals surface area contributed by atoms with Crippen LogP contribution in [0.25, 0.3) is 11.4 Å². The van der Waals surface area contributed by atoms with Crippen molar-refractivity contribution in [2.45, 2.75) is 45.1 Å². The summed E-state index contributed by atoms with van der Waals surface area (Å²) in [7, 11) is 0. The predicted molar refractivity (Wildman–Crippen MR) is 122 cm³/mol. The molecule has 0 radical (unpaired) electrons. The van der Waals surface area contributed by atoms with E-state index in [-0.39, 0.29) is 24.8 Å². The highest BCUT2D eigenvalue weighted by atomic mass is 35.5. The molecule has 0 atom stereocenters. The topological polar surface area (TPSA) is 57.6 Å². The van der Waals surface area contributed by atoms with Gasteiger partial charge in [0, 0.05) is 28.9 Å². The van der Waals surface area contributed by atoms with Crippen molar-refractivity contribution in [3.05, 3.63) is 92.9 Å². The molecule has 2 heterocycles. The second-order valence-electron chi connectivity index (χ2n) is 8.47. The Kier molecular flexibility index (Phi) is 5.59. The van der Waals surface area contributed by atoms with Crippen molar-refractivity contribution in [2.75, 3.05) is 0 Å². The van der Waals surface area contributed by atoms with Gasteiger partial charge < -0.3 is 4.57 Å². The van der Waals surface area contributed by atoms with E-state index in [0.717, 1.165) is 36.2 Å². The van der Waals surface area contributed by atoms with Crippen molar-refractivity contribution in [3.63, 3.8) is 0 Å². The highest BCUT2D eigenvalue weighted by Gasteiger charge is 2.31. The lowest BCUT2D eigenvalue weighted by Gasteiger charge is -2.10. The third-order valence-corrected chi connectivity index (χ3v) is 6.25. The van der Waals surface area contributed by atoms with Gasteiger partial charge in [0.1, 0.15) is 0 Å². The van der Waals surface area contributed by atoms with E-state index < -0.39 is 11.7 Å². The van der Waals surface area contributed by atoms with Crippen LogP contribution in [0.1, 0.15) is 41.4 Å². The predicted octanol–water partition coefficient (Wildman–Crippen LogP) is 5.32. The van der Waals surface area contributed by atoms with Gasteiger partial charge in [-0.25, -0.2) is 14.5 Å². The lowest BCUT2D eigenvalue weighted by atomic mass is 10.1. The molecule has 4 aromatic rings. The summed E-state index contributed by atoms with van der Waals surface area (Å²) in [5.41, 5.74) is 1.82. The molecule has 1 fully saturated rings. The number of benzene rings is 2. The van der Waals surface area contributed by atoms with Crippen molar-refractivity contribution in [1.29, 1.82) is 0 Å². The molecule has 0 saturated heterocycles. The lowest BCUT2D eigenvalue weighted by molar-refractivity contribution is -0.137. The fourth-order valence-corrected chi connectivity index (χ4v) is 4.09. The van der Waals surface area contributed by atoms with Gasteiger partial charge in [0.25, 0.3) is 0 Å². The second-order valence-corrected chi connectivity index (χ2v) is 8.91. The summed E-state index contributed by atoms with van der Waals surface area (Å²) >= 11 is 6.01. The maximum atomic E-state index is 13.2. The van der Waals surface area contributed by atoms with Crippen molar-refractivity contribution in [3.8, 4) is 11.4 Å². The van der Waals surface area contributed by atoms with Crippen LogP contribution in [-0.2, 0) is 19.3 Å². The average molecular weight is 488 g/mol. The molecule has 176 valence electrons. The molecule has 0 bridgehead atoms. The molecule has 10 heteroatoms. The maximum absolute atomic E-state index is 13.2. The molecular weight excluding hydrogens is 467 g/mol. The fraction of sp³-hybridized carbons (Fsp3) is 0.292. The first-order valence-electron chi connectivity index (χ1n) is 10.8. The minimum atomic E-state index is -4.39. The Morgan fingerprint density at radius 1 is 1.09 bits per heavy atom. The van der Waals surface area contributed by atoms with E-state index in [9.17, 15) is 18.0 Å². The summed E-state index contributed by atoms with van der Waals surface area (Å²) in [6.45, 7) is 2.24. The lowest BCUT2D eigenvalue weighted by Crippen LogP contribution is -2.25. The van der Waals surface area contributed by atoms with Gasteiger partial charge in [0.15, 0.2) is 5.82 Å². The quantitative estimate of drug-likeness (QED) is 0.370. The van der Waals surface area contributed by atoms with Gasteiger partial charge in [0.05, 0.1) is 24.1 Å². The molecule has 0 spiro atoms. The molecule has 0 unspecified atom stereocenters. The fourth-order valence-electron chi connectivity index (χ4n) is 3.97. The van der Waals surface area contributed by atoms with Crippen molar-refractivity contribution in [1.82, 2.24) is 23.9 Å². The summed E-state index contributed by atoms with van der Waals surface area (Å²) in [6.07, 6.45) is -0.962. The highest BCUT2D eigenvalue weighted by Crippen LogP contribution is 2.36. The number of nitrogens with zero attached hydrogens (tertiary/aromatic N) is 5.